The third-order valence-electron chi connectivity index (χ3n) is 20.2. The van der Waals surface area contributed by atoms with Gasteiger partial charge in [-0.1, -0.05) is 37.3 Å². The molecule has 5 heterocycles. The summed E-state index contributed by atoms with van der Waals surface area (Å²) in [4.78, 5) is 150. The number of pyridine rings is 2. The highest BCUT2D eigenvalue weighted by Gasteiger charge is 2.46. The molecule has 600 valence electrons. The van der Waals surface area contributed by atoms with Gasteiger partial charge in [0, 0.05) is 91.9 Å². The number of Topliss-reactive ketones (excluding diaryl/α,β-unsaturated/α-hetero) is 3. The number of amides is 6. The number of ketones is 3. The van der Waals surface area contributed by atoms with E-state index in [-0.39, 0.29) is 150 Å². The predicted molar refractivity (Wildman–Crippen MR) is 393 cm³/mol. The molecular formula is C79H104FN7O23. The number of halogens is 1. The monoisotopic (exact) mass is 1540 g/mol. The van der Waals surface area contributed by atoms with Gasteiger partial charge in [-0.25, -0.2) is 14.2 Å². The van der Waals surface area contributed by atoms with Crippen LogP contribution in [-0.4, -0.2) is 248 Å². The first-order valence-corrected chi connectivity index (χ1v) is 38.1. The van der Waals surface area contributed by atoms with Gasteiger partial charge in [0.15, 0.2) is 23.0 Å². The number of rotatable bonds is 52. The van der Waals surface area contributed by atoms with Gasteiger partial charge >= 0.3 is 5.97 Å². The highest BCUT2D eigenvalue weighted by Crippen LogP contribution is 2.48. The Morgan fingerprint density at radius 3 is 1.84 bits per heavy atom. The number of likely N-dealkylation sites (N-methyl/N-ethyl adjacent to an activating group) is 1. The Kier molecular flexibility index (Phi) is 34.2. The van der Waals surface area contributed by atoms with Crippen molar-refractivity contribution in [1.82, 2.24) is 35.3 Å². The zero-order chi connectivity index (χ0) is 78.4. The maximum absolute atomic E-state index is 15.6. The van der Waals surface area contributed by atoms with Crippen molar-refractivity contribution in [3.05, 3.63) is 110 Å². The quantitative estimate of drug-likeness (QED) is 0.0245. The van der Waals surface area contributed by atoms with E-state index in [1.54, 1.807) is 49.1 Å². The van der Waals surface area contributed by atoms with Gasteiger partial charge in [0.1, 0.15) is 25.6 Å². The van der Waals surface area contributed by atoms with Crippen molar-refractivity contribution < 1.29 is 110 Å². The topological polar surface area (TPSA) is 370 Å². The molecule has 3 aliphatic heterocycles. The molecule has 4 aromatic rings. The van der Waals surface area contributed by atoms with Gasteiger partial charge in [-0.3, -0.25) is 52.8 Å². The molecule has 5 aliphatic rings. The second-order valence-corrected chi connectivity index (χ2v) is 27.6. The molecule has 0 spiro atoms. The molecule has 0 bridgehead atoms. The van der Waals surface area contributed by atoms with Gasteiger partial charge < -0.3 is 82.6 Å². The number of carbonyl (C=O) groups excluding carboxylic acids is 10. The molecule has 3 atom stereocenters. The van der Waals surface area contributed by atoms with Gasteiger partial charge in [0.25, 0.3) is 17.4 Å². The molecule has 2 aromatic heterocycles. The number of imide groups is 1. The summed E-state index contributed by atoms with van der Waals surface area (Å²) in [6.45, 7) is 10.6. The lowest BCUT2D eigenvalue weighted by Gasteiger charge is -2.37. The molecule has 110 heavy (non-hydrogen) atoms. The van der Waals surface area contributed by atoms with E-state index >= 15 is 4.39 Å². The minimum atomic E-state index is -2.06. The fourth-order valence-corrected chi connectivity index (χ4v) is 14.2. The van der Waals surface area contributed by atoms with Crippen LogP contribution < -0.4 is 21.5 Å². The van der Waals surface area contributed by atoms with Gasteiger partial charge in [0.2, 0.25) is 23.6 Å². The second-order valence-electron chi connectivity index (χ2n) is 27.6. The number of esters is 1. The van der Waals surface area contributed by atoms with Crippen molar-refractivity contribution in [2.45, 2.75) is 123 Å². The highest BCUT2D eigenvalue weighted by atomic mass is 19.1. The summed E-state index contributed by atoms with van der Waals surface area (Å²) in [7, 11) is 0. The van der Waals surface area contributed by atoms with Crippen molar-refractivity contribution in [2.24, 2.45) is 17.8 Å². The maximum atomic E-state index is 15.6. The van der Waals surface area contributed by atoms with E-state index in [2.05, 4.69) is 16.0 Å². The number of ether oxygens (including phenoxy) is 11. The number of nitrogens with zero attached hydrogens (tertiary/aromatic N) is 4. The molecule has 9 rings (SSSR count). The van der Waals surface area contributed by atoms with Crippen LogP contribution in [-0.2, 0) is 132 Å². The van der Waals surface area contributed by atoms with Crippen LogP contribution in [0.4, 0.5) is 4.39 Å². The summed E-state index contributed by atoms with van der Waals surface area (Å²) in [5.41, 5.74) is 2.19. The molecule has 2 aliphatic carbocycles. The number of aryl methyl sites for hydroxylation is 1. The second kappa shape index (κ2) is 43.9. The van der Waals surface area contributed by atoms with Crippen LogP contribution in [0.25, 0.3) is 22.3 Å². The minimum absolute atomic E-state index is 0.00791. The summed E-state index contributed by atoms with van der Waals surface area (Å²) in [6, 6.07) is 11.4. The Bertz CT molecular complexity index is 3920. The fraction of sp³-hybridized carbons (Fsp3) is 0.595. The molecule has 0 saturated heterocycles. The summed E-state index contributed by atoms with van der Waals surface area (Å²) in [5, 5.41) is 20.3. The van der Waals surface area contributed by atoms with Crippen molar-refractivity contribution in [3.8, 4) is 11.4 Å². The lowest BCUT2D eigenvalue weighted by atomic mass is 9.81. The first-order valence-electron chi connectivity index (χ1n) is 38.1. The Balaban J connectivity index is 0.549. The highest BCUT2D eigenvalue weighted by molar-refractivity contribution is 6.13. The third kappa shape index (κ3) is 24.3. The van der Waals surface area contributed by atoms with E-state index < -0.39 is 64.9 Å². The van der Waals surface area contributed by atoms with Crippen LogP contribution in [0.3, 0.4) is 0 Å². The molecule has 31 heteroatoms. The van der Waals surface area contributed by atoms with Gasteiger partial charge in [-0.15, -0.1) is 0 Å². The molecule has 1 saturated carbocycles. The van der Waals surface area contributed by atoms with E-state index in [0.29, 0.717) is 158 Å². The molecular weight excluding hydrogens is 1430 g/mol. The van der Waals surface area contributed by atoms with Crippen LogP contribution in [0, 0.1) is 30.5 Å². The smallest absolute Gasteiger partial charge is 0.343 e. The standard InChI is InChI=1S/C79H104FN7O23/c1-4-79(99)63-43-67-74-61(48-86(67)77(97)62(63)50-110-78(79)98)73-66(17-16-60-52(3)64(80)44-65(84-74)72(60)73)85(5-2)71(94)51-108-23-21-57(88)45-83-76(96)56(41-53-9-7-6-8-10-53)42-59(90)46-82-68(91)18-15-58(89)49-109-40-39-107-38-37-106-36-35-105-34-33-104-32-31-103-30-29-102-28-27-101-26-25-100-24-22-81-75(95)55-13-11-54(12-14-55)47-87-69(92)19-20-70(87)93/h6-10,19-20,43-44,54-56,66,99H,4-5,11-18,21-42,45-51H2,1-3H3,(H,81,95)(H,82,91)(H,83,96)/t54?,55?,56-,66-,79-/m0/s1. The normalized spacial score (nSPS) is 17.9. The van der Waals surface area contributed by atoms with Crippen LogP contribution in [0.1, 0.15) is 123 Å². The number of cyclic esters (lactones) is 1. The Morgan fingerprint density at radius 2 is 1.24 bits per heavy atom. The summed E-state index contributed by atoms with van der Waals surface area (Å²) in [6.07, 6.45) is 5.91. The molecule has 4 N–H and O–H groups in total. The van der Waals surface area contributed by atoms with E-state index in [0.717, 1.165) is 42.4 Å². The summed E-state index contributed by atoms with van der Waals surface area (Å²) in [5.74, 6) is -5.20. The van der Waals surface area contributed by atoms with Crippen molar-refractivity contribution in [1.29, 1.82) is 0 Å². The number of nitrogens with one attached hydrogen (secondary N) is 3. The summed E-state index contributed by atoms with van der Waals surface area (Å²) >= 11 is 0. The predicted octanol–water partition coefficient (Wildman–Crippen LogP) is 3.74. The van der Waals surface area contributed by atoms with Crippen molar-refractivity contribution >= 4 is 69.7 Å². The van der Waals surface area contributed by atoms with E-state index in [1.807, 2.05) is 13.0 Å². The SMILES string of the molecule is CCN(C(=O)COCCC(=O)CNC(=O)[C@H](CC(=O)CNC(=O)CCC(=O)COCCOCCOCCOCCOCCOCCOCCOCCOCCNC(=O)C1CCC(CN2C(=O)C=CC2=O)CC1)Cc1ccccc1)[C@H]1CCc2c(C)c(F)cc3nc4c(c1c23)Cn1c-4cc2c(c1=O)COC(=O)[C@]2(O)CC. The number of benzene rings is 2. The molecule has 6 amide bonds. The van der Waals surface area contributed by atoms with E-state index in [1.165, 1.54) is 27.7 Å². The Labute approximate surface area is 638 Å². The zero-order valence-electron chi connectivity index (χ0n) is 63.2. The Hall–Kier alpha value is -8.47. The molecule has 30 nitrogen and oxygen atoms in total. The van der Waals surface area contributed by atoms with Crippen LogP contribution in [0.15, 0.2) is 59.4 Å². The first kappa shape index (κ1) is 85.5. The average molecular weight is 1540 g/mol. The molecule has 0 radical (unpaired) electrons. The van der Waals surface area contributed by atoms with Crippen LogP contribution in [0.2, 0.25) is 0 Å². The lowest BCUT2D eigenvalue weighted by molar-refractivity contribution is -0.172. The number of hydrogen-bond acceptors (Lipinski definition) is 24. The van der Waals surface area contributed by atoms with Gasteiger partial charge in [-0.05, 0) is 99.5 Å². The van der Waals surface area contributed by atoms with E-state index in [9.17, 15) is 57.8 Å². The van der Waals surface area contributed by atoms with Gasteiger partial charge in [-0.2, -0.15) is 0 Å². The first-order chi connectivity index (χ1) is 53.3. The molecule has 0 unspecified atom stereocenters. The molecule has 1 fully saturated rings. The number of fused-ring (bicyclic) bond motifs is 5. The Morgan fingerprint density at radius 1 is 0.655 bits per heavy atom. The maximum Gasteiger partial charge on any atom is 0.343 e. The number of carbonyl (C=O) groups is 10. The fourth-order valence-electron chi connectivity index (χ4n) is 14.2. The van der Waals surface area contributed by atoms with Crippen molar-refractivity contribution in [2.75, 3.05) is 165 Å². The summed E-state index contributed by atoms with van der Waals surface area (Å²) < 4.78 is 77.7. The largest absolute Gasteiger partial charge is 0.458 e. The third-order valence-corrected chi connectivity index (χ3v) is 20.2. The minimum Gasteiger partial charge on any atom is -0.458 e. The van der Waals surface area contributed by atoms with Crippen LogP contribution in [0.5, 0.6) is 0 Å². The van der Waals surface area contributed by atoms with E-state index in [4.69, 9.17) is 57.1 Å². The number of hydrogen-bond donors (Lipinski definition) is 4. The number of aliphatic hydroxyl groups is 1. The number of aromatic nitrogens is 2. The van der Waals surface area contributed by atoms with Crippen LogP contribution >= 0.6 is 0 Å². The average Bonchev–Trinajstić information content (AvgIpc) is 1.49. The molecule has 2 aromatic carbocycles. The zero-order valence-corrected chi connectivity index (χ0v) is 63.2. The lowest BCUT2D eigenvalue weighted by Crippen LogP contribution is -2.44. The van der Waals surface area contributed by atoms with Crippen molar-refractivity contribution in [3.63, 3.8) is 0 Å². The van der Waals surface area contributed by atoms with Gasteiger partial charge in [0.05, 0.1) is 167 Å².